The largest absolute Gasteiger partial charge is 0.495 e. The third-order valence-corrected chi connectivity index (χ3v) is 3.56. The van der Waals surface area contributed by atoms with Crippen molar-refractivity contribution in [3.63, 3.8) is 0 Å². The van der Waals surface area contributed by atoms with Crippen LogP contribution in [-0.2, 0) is 10.2 Å². The van der Waals surface area contributed by atoms with E-state index in [2.05, 4.69) is 37.5 Å². The van der Waals surface area contributed by atoms with Gasteiger partial charge in [-0.25, -0.2) is 0 Å². The van der Waals surface area contributed by atoms with Crippen molar-refractivity contribution in [3.05, 3.63) is 54.1 Å². The number of hydrogen-bond donors (Lipinski definition) is 2. The first-order valence-corrected chi connectivity index (χ1v) is 7.68. The van der Waals surface area contributed by atoms with E-state index in [1.54, 1.807) is 7.11 Å². The van der Waals surface area contributed by atoms with Gasteiger partial charge in [0.1, 0.15) is 5.75 Å². The standard InChI is InChI=1S/C19H24N2O2/c1-19(2,3)14-9-5-6-10-15(14)20-13-18(22)21-16-11-7-8-12-17(16)23-4/h5-12,20H,13H2,1-4H3,(H,21,22). The quantitative estimate of drug-likeness (QED) is 0.876. The van der Waals surface area contributed by atoms with Crippen LogP contribution in [0.3, 0.4) is 0 Å². The molecule has 4 heteroatoms. The van der Waals surface area contributed by atoms with Crippen molar-refractivity contribution in [2.75, 3.05) is 24.3 Å². The number of methoxy groups -OCH3 is 1. The molecule has 0 fully saturated rings. The van der Waals surface area contributed by atoms with Crippen LogP contribution in [0.15, 0.2) is 48.5 Å². The first-order chi connectivity index (χ1) is 10.9. The van der Waals surface area contributed by atoms with Crippen LogP contribution < -0.4 is 15.4 Å². The zero-order valence-corrected chi connectivity index (χ0v) is 14.1. The van der Waals surface area contributed by atoms with E-state index in [4.69, 9.17) is 4.74 Å². The second-order valence-corrected chi connectivity index (χ2v) is 6.40. The summed E-state index contributed by atoms with van der Waals surface area (Å²) in [5.41, 5.74) is 2.86. The molecule has 4 nitrogen and oxygen atoms in total. The summed E-state index contributed by atoms with van der Waals surface area (Å²) in [5, 5.41) is 6.09. The van der Waals surface area contributed by atoms with Gasteiger partial charge in [0.25, 0.3) is 0 Å². The van der Waals surface area contributed by atoms with Gasteiger partial charge in [0.2, 0.25) is 5.91 Å². The number of benzene rings is 2. The summed E-state index contributed by atoms with van der Waals surface area (Å²) in [4.78, 5) is 12.2. The van der Waals surface area contributed by atoms with Crippen LogP contribution in [0.5, 0.6) is 5.75 Å². The van der Waals surface area contributed by atoms with Gasteiger partial charge >= 0.3 is 0 Å². The van der Waals surface area contributed by atoms with Gasteiger partial charge in [-0.15, -0.1) is 0 Å². The Labute approximate surface area is 137 Å². The lowest BCUT2D eigenvalue weighted by atomic mass is 9.86. The number of carbonyl (C=O) groups excluding carboxylic acids is 1. The summed E-state index contributed by atoms with van der Waals surface area (Å²) in [6.07, 6.45) is 0. The smallest absolute Gasteiger partial charge is 0.243 e. The number of amides is 1. The van der Waals surface area contributed by atoms with Crippen molar-refractivity contribution in [1.82, 2.24) is 0 Å². The number of rotatable bonds is 5. The Kier molecular flexibility index (Phi) is 5.27. The number of ether oxygens (including phenoxy) is 1. The molecule has 0 heterocycles. The van der Waals surface area contributed by atoms with E-state index in [-0.39, 0.29) is 17.9 Å². The van der Waals surface area contributed by atoms with Gasteiger partial charge in [0, 0.05) is 5.69 Å². The fourth-order valence-corrected chi connectivity index (χ4v) is 2.41. The fourth-order valence-electron chi connectivity index (χ4n) is 2.41. The summed E-state index contributed by atoms with van der Waals surface area (Å²) in [6, 6.07) is 15.4. The summed E-state index contributed by atoms with van der Waals surface area (Å²) >= 11 is 0. The predicted molar refractivity (Wildman–Crippen MR) is 95.3 cm³/mol. The topological polar surface area (TPSA) is 50.4 Å². The molecule has 0 bridgehead atoms. The SMILES string of the molecule is COc1ccccc1NC(=O)CNc1ccccc1C(C)(C)C. The Morgan fingerprint density at radius 1 is 1.00 bits per heavy atom. The summed E-state index contributed by atoms with van der Waals surface area (Å²) in [7, 11) is 1.59. The van der Waals surface area contributed by atoms with Crippen molar-refractivity contribution in [3.8, 4) is 5.75 Å². The monoisotopic (exact) mass is 312 g/mol. The van der Waals surface area contributed by atoms with Gasteiger partial charge in [-0.2, -0.15) is 0 Å². The van der Waals surface area contributed by atoms with Crippen LogP contribution in [0.25, 0.3) is 0 Å². The molecule has 2 aromatic carbocycles. The fraction of sp³-hybridized carbons (Fsp3) is 0.316. The maximum Gasteiger partial charge on any atom is 0.243 e. The summed E-state index contributed by atoms with van der Waals surface area (Å²) in [5.74, 6) is 0.536. The predicted octanol–water partition coefficient (Wildman–Crippen LogP) is 4.04. The Morgan fingerprint density at radius 3 is 2.26 bits per heavy atom. The van der Waals surface area contributed by atoms with Crippen molar-refractivity contribution < 1.29 is 9.53 Å². The Bertz CT molecular complexity index is 675. The van der Waals surface area contributed by atoms with E-state index in [1.165, 1.54) is 5.56 Å². The molecule has 2 rings (SSSR count). The number of nitrogens with one attached hydrogen (secondary N) is 2. The van der Waals surface area contributed by atoms with Gasteiger partial charge < -0.3 is 15.4 Å². The van der Waals surface area contributed by atoms with E-state index in [0.717, 1.165) is 5.69 Å². The third-order valence-electron chi connectivity index (χ3n) is 3.56. The lowest BCUT2D eigenvalue weighted by Gasteiger charge is -2.23. The highest BCUT2D eigenvalue weighted by molar-refractivity contribution is 5.95. The van der Waals surface area contributed by atoms with E-state index in [0.29, 0.717) is 11.4 Å². The van der Waals surface area contributed by atoms with Gasteiger partial charge in [-0.05, 0) is 29.2 Å². The molecule has 2 aromatic rings. The van der Waals surface area contributed by atoms with Crippen LogP contribution in [0.1, 0.15) is 26.3 Å². The Morgan fingerprint density at radius 2 is 1.61 bits per heavy atom. The molecule has 0 saturated heterocycles. The molecular weight excluding hydrogens is 288 g/mol. The van der Waals surface area contributed by atoms with Crippen LogP contribution in [-0.4, -0.2) is 19.6 Å². The third kappa shape index (κ3) is 4.49. The Balaban J connectivity index is 2.03. The van der Waals surface area contributed by atoms with Gasteiger partial charge in [-0.1, -0.05) is 51.1 Å². The molecule has 0 atom stereocenters. The van der Waals surface area contributed by atoms with Crippen LogP contribution in [0, 0.1) is 0 Å². The van der Waals surface area contributed by atoms with Crippen molar-refractivity contribution in [2.24, 2.45) is 0 Å². The molecule has 122 valence electrons. The van der Waals surface area contributed by atoms with E-state index >= 15 is 0 Å². The first-order valence-electron chi connectivity index (χ1n) is 7.68. The molecule has 23 heavy (non-hydrogen) atoms. The van der Waals surface area contributed by atoms with Crippen molar-refractivity contribution in [2.45, 2.75) is 26.2 Å². The lowest BCUT2D eigenvalue weighted by Crippen LogP contribution is -2.23. The normalized spacial score (nSPS) is 11.0. The molecular formula is C19H24N2O2. The van der Waals surface area contributed by atoms with E-state index in [9.17, 15) is 4.79 Å². The molecule has 1 amide bonds. The van der Waals surface area contributed by atoms with Gasteiger partial charge in [0.05, 0.1) is 19.3 Å². The Hall–Kier alpha value is -2.49. The van der Waals surface area contributed by atoms with Crippen LogP contribution in [0.2, 0.25) is 0 Å². The molecule has 0 spiro atoms. The second kappa shape index (κ2) is 7.18. The molecule has 0 aliphatic rings. The molecule has 2 N–H and O–H groups in total. The highest BCUT2D eigenvalue weighted by atomic mass is 16.5. The minimum Gasteiger partial charge on any atom is -0.495 e. The summed E-state index contributed by atoms with van der Waals surface area (Å²) < 4.78 is 5.24. The molecule has 0 aliphatic carbocycles. The van der Waals surface area contributed by atoms with Gasteiger partial charge in [0.15, 0.2) is 0 Å². The molecule has 0 saturated carbocycles. The van der Waals surface area contributed by atoms with E-state index < -0.39 is 0 Å². The number of anilines is 2. The van der Waals surface area contributed by atoms with Crippen LogP contribution >= 0.6 is 0 Å². The van der Waals surface area contributed by atoms with E-state index in [1.807, 2.05) is 42.5 Å². The minimum atomic E-state index is -0.113. The highest BCUT2D eigenvalue weighted by Gasteiger charge is 2.17. The second-order valence-electron chi connectivity index (χ2n) is 6.40. The number of hydrogen-bond acceptors (Lipinski definition) is 3. The number of carbonyl (C=O) groups is 1. The maximum atomic E-state index is 12.2. The van der Waals surface area contributed by atoms with Crippen molar-refractivity contribution >= 4 is 17.3 Å². The first kappa shape index (κ1) is 16.9. The van der Waals surface area contributed by atoms with Gasteiger partial charge in [-0.3, -0.25) is 4.79 Å². The molecule has 0 unspecified atom stereocenters. The highest BCUT2D eigenvalue weighted by Crippen LogP contribution is 2.29. The maximum absolute atomic E-state index is 12.2. The zero-order valence-electron chi connectivity index (χ0n) is 14.1. The molecule has 0 radical (unpaired) electrons. The summed E-state index contributed by atoms with van der Waals surface area (Å²) in [6.45, 7) is 6.67. The molecule has 0 aromatic heterocycles. The number of para-hydroxylation sites is 3. The molecule has 0 aliphatic heterocycles. The zero-order chi connectivity index (χ0) is 16.9. The lowest BCUT2D eigenvalue weighted by molar-refractivity contribution is -0.114. The minimum absolute atomic E-state index is 0.0166. The van der Waals surface area contributed by atoms with Crippen LogP contribution in [0.4, 0.5) is 11.4 Å². The average molecular weight is 312 g/mol. The van der Waals surface area contributed by atoms with Crippen molar-refractivity contribution in [1.29, 1.82) is 0 Å². The average Bonchev–Trinajstić information content (AvgIpc) is 2.53.